The summed E-state index contributed by atoms with van der Waals surface area (Å²) >= 11 is 2.84. The Balaban J connectivity index is 1.58. The molecule has 0 radical (unpaired) electrons. The predicted molar refractivity (Wildman–Crippen MR) is 111 cm³/mol. The minimum atomic E-state index is 0.0919. The zero-order valence-electron chi connectivity index (χ0n) is 16.4. The molecule has 1 atom stereocenters. The molecule has 150 valence electrons. The molecule has 0 aliphatic carbocycles. The first-order valence-electron chi connectivity index (χ1n) is 8.92. The number of carbonyl (C=O) groups is 1. The number of nitrogens with one attached hydrogen (secondary N) is 1. The highest BCUT2D eigenvalue weighted by Crippen LogP contribution is 2.28. The molecule has 9 heteroatoms. The van der Waals surface area contributed by atoms with E-state index in [4.69, 9.17) is 9.15 Å². The van der Waals surface area contributed by atoms with Gasteiger partial charge in [0.05, 0.1) is 31.2 Å². The van der Waals surface area contributed by atoms with Gasteiger partial charge in [-0.15, -0.1) is 10.2 Å². The van der Waals surface area contributed by atoms with Crippen LogP contribution in [0.3, 0.4) is 0 Å². The van der Waals surface area contributed by atoms with Gasteiger partial charge in [-0.3, -0.25) is 4.79 Å². The molecule has 3 aromatic heterocycles. The molecular weight excluding hydrogens is 396 g/mol. The Labute approximate surface area is 172 Å². The van der Waals surface area contributed by atoms with E-state index in [-0.39, 0.29) is 11.8 Å². The van der Waals surface area contributed by atoms with Crippen molar-refractivity contribution in [3.05, 3.63) is 47.2 Å². The zero-order chi connectivity index (χ0) is 20.1. The Morgan fingerprint density at radius 3 is 2.96 bits per heavy atom. The summed E-state index contributed by atoms with van der Waals surface area (Å²) in [6.45, 7) is 7.25. The number of methoxy groups -OCH3 is 1. The van der Waals surface area contributed by atoms with E-state index in [1.54, 1.807) is 13.4 Å². The Morgan fingerprint density at radius 2 is 2.25 bits per heavy atom. The van der Waals surface area contributed by atoms with Gasteiger partial charge in [0, 0.05) is 24.1 Å². The Hall–Kier alpha value is -2.10. The van der Waals surface area contributed by atoms with Gasteiger partial charge >= 0.3 is 0 Å². The molecule has 0 spiro atoms. The lowest BCUT2D eigenvalue weighted by molar-refractivity contribution is 0.102. The summed E-state index contributed by atoms with van der Waals surface area (Å²) < 4.78 is 13.4. The molecule has 0 aliphatic heterocycles. The first kappa shape index (κ1) is 20.6. The molecule has 0 aliphatic rings. The van der Waals surface area contributed by atoms with Crippen molar-refractivity contribution < 1.29 is 13.9 Å². The van der Waals surface area contributed by atoms with Crippen LogP contribution in [0.4, 0.5) is 5.13 Å². The van der Waals surface area contributed by atoms with Crippen LogP contribution in [0.25, 0.3) is 0 Å². The number of aromatic nitrogens is 3. The third kappa shape index (κ3) is 4.84. The first-order chi connectivity index (χ1) is 13.5. The van der Waals surface area contributed by atoms with Crippen LogP contribution >= 0.6 is 23.1 Å². The number of hydrogen-bond donors (Lipinski definition) is 1. The second kappa shape index (κ2) is 9.40. The average Bonchev–Trinajstić information content (AvgIpc) is 3.39. The Kier molecular flexibility index (Phi) is 6.93. The zero-order valence-corrected chi connectivity index (χ0v) is 18.0. The standard InChI is InChI=1S/C19H24N4O3S2/c1-12-8-16(14(3)23(12)13(2)10-25-4)17(24)11-27-19-22-21-18(28-19)20-9-15-6-5-7-26-15/h5-8,13H,9-11H2,1-4H3,(H,20,21). The highest BCUT2D eigenvalue weighted by molar-refractivity contribution is 8.01. The molecule has 7 nitrogen and oxygen atoms in total. The lowest BCUT2D eigenvalue weighted by atomic mass is 10.2. The summed E-state index contributed by atoms with van der Waals surface area (Å²) in [6, 6.07) is 5.88. The van der Waals surface area contributed by atoms with Gasteiger partial charge in [0.1, 0.15) is 5.76 Å². The average molecular weight is 421 g/mol. The maximum Gasteiger partial charge on any atom is 0.206 e. The number of aryl methyl sites for hydroxylation is 1. The molecule has 28 heavy (non-hydrogen) atoms. The number of nitrogens with zero attached hydrogens (tertiary/aromatic N) is 3. The summed E-state index contributed by atoms with van der Waals surface area (Å²) in [5, 5.41) is 12.1. The van der Waals surface area contributed by atoms with Crippen molar-refractivity contribution in [2.45, 2.75) is 37.7 Å². The smallest absolute Gasteiger partial charge is 0.206 e. The normalized spacial score (nSPS) is 12.3. The number of thioether (sulfide) groups is 1. The third-order valence-corrected chi connectivity index (χ3v) is 6.37. The van der Waals surface area contributed by atoms with Gasteiger partial charge in [-0.1, -0.05) is 23.1 Å². The van der Waals surface area contributed by atoms with Gasteiger partial charge in [-0.05, 0) is 39.0 Å². The van der Waals surface area contributed by atoms with Gasteiger partial charge in [-0.25, -0.2) is 0 Å². The predicted octanol–water partition coefficient (Wildman–Crippen LogP) is 4.34. The molecule has 0 saturated heterocycles. The van der Waals surface area contributed by atoms with Crippen LogP contribution in [0.5, 0.6) is 0 Å². The van der Waals surface area contributed by atoms with Crippen LogP contribution < -0.4 is 5.32 Å². The van der Waals surface area contributed by atoms with Gasteiger partial charge in [0.2, 0.25) is 5.13 Å². The summed E-state index contributed by atoms with van der Waals surface area (Å²) in [6.07, 6.45) is 1.64. The van der Waals surface area contributed by atoms with E-state index in [1.807, 2.05) is 32.0 Å². The largest absolute Gasteiger partial charge is 0.467 e. The minimum Gasteiger partial charge on any atom is -0.467 e. The van der Waals surface area contributed by atoms with E-state index in [9.17, 15) is 4.79 Å². The molecule has 3 rings (SSSR count). The SMILES string of the molecule is COCC(C)n1c(C)cc(C(=O)CSc2nnc(NCc3ccco3)s2)c1C. The summed E-state index contributed by atoms with van der Waals surface area (Å²) in [4.78, 5) is 12.7. The number of rotatable bonds is 10. The fourth-order valence-corrected chi connectivity index (χ4v) is 4.80. The van der Waals surface area contributed by atoms with Crippen LogP contribution in [0.1, 0.15) is 40.5 Å². The molecule has 3 heterocycles. The fourth-order valence-electron chi connectivity index (χ4n) is 3.17. The highest BCUT2D eigenvalue weighted by Gasteiger charge is 2.19. The summed E-state index contributed by atoms with van der Waals surface area (Å²) in [7, 11) is 1.69. The maximum atomic E-state index is 12.7. The Morgan fingerprint density at radius 1 is 1.43 bits per heavy atom. The Bertz CT molecular complexity index is 918. The topological polar surface area (TPSA) is 82.2 Å². The molecule has 3 aromatic rings. The van der Waals surface area contributed by atoms with Crippen molar-refractivity contribution in [3.63, 3.8) is 0 Å². The van der Waals surface area contributed by atoms with Crippen molar-refractivity contribution >= 4 is 34.0 Å². The number of ether oxygens (including phenoxy) is 1. The molecule has 1 unspecified atom stereocenters. The number of anilines is 1. The van der Waals surface area contributed by atoms with Gasteiger partial charge in [-0.2, -0.15) is 0 Å². The van der Waals surface area contributed by atoms with Gasteiger partial charge in [0.15, 0.2) is 10.1 Å². The van der Waals surface area contributed by atoms with Gasteiger partial charge < -0.3 is 19.0 Å². The van der Waals surface area contributed by atoms with Crippen molar-refractivity contribution in [3.8, 4) is 0 Å². The maximum absolute atomic E-state index is 12.7. The van der Waals surface area contributed by atoms with Crippen LogP contribution in [0.2, 0.25) is 0 Å². The lowest BCUT2D eigenvalue weighted by Crippen LogP contribution is -2.14. The summed E-state index contributed by atoms with van der Waals surface area (Å²) in [5.41, 5.74) is 2.80. The fraction of sp³-hybridized carbons (Fsp3) is 0.421. The number of ketones is 1. The molecule has 1 N–H and O–H groups in total. The van der Waals surface area contributed by atoms with E-state index in [1.165, 1.54) is 23.1 Å². The van der Waals surface area contributed by atoms with E-state index in [2.05, 4.69) is 27.0 Å². The third-order valence-electron chi connectivity index (χ3n) is 4.36. The second-order valence-electron chi connectivity index (χ2n) is 6.48. The van der Waals surface area contributed by atoms with E-state index in [0.717, 1.165) is 27.1 Å². The van der Waals surface area contributed by atoms with Crippen molar-refractivity contribution in [1.82, 2.24) is 14.8 Å². The van der Waals surface area contributed by atoms with E-state index < -0.39 is 0 Å². The van der Waals surface area contributed by atoms with Crippen LogP contribution in [-0.4, -0.2) is 40.0 Å². The van der Waals surface area contributed by atoms with Crippen molar-refractivity contribution in [2.75, 3.05) is 24.8 Å². The van der Waals surface area contributed by atoms with Crippen LogP contribution in [0.15, 0.2) is 33.2 Å². The number of Topliss-reactive ketones (excluding diaryl/α,β-unsaturated/α-hetero) is 1. The first-order valence-corrected chi connectivity index (χ1v) is 10.7. The molecular formula is C19H24N4O3S2. The van der Waals surface area contributed by atoms with Crippen molar-refractivity contribution in [2.24, 2.45) is 0 Å². The van der Waals surface area contributed by atoms with E-state index >= 15 is 0 Å². The molecule has 0 amide bonds. The van der Waals surface area contributed by atoms with Crippen LogP contribution in [-0.2, 0) is 11.3 Å². The quantitative estimate of drug-likeness (QED) is 0.386. The molecule has 0 bridgehead atoms. The van der Waals surface area contributed by atoms with Gasteiger partial charge in [0.25, 0.3) is 0 Å². The van der Waals surface area contributed by atoms with E-state index in [0.29, 0.717) is 24.0 Å². The number of furan rings is 1. The lowest BCUT2D eigenvalue weighted by Gasteiger charge is -2.17. The molecule has 0 aromatic carbocycles. The number of carbonyl (C=O) groups excluding carboxylic acids is 1. The summed E-state index contributed by atoms with van der Waals surface area (Å²) in [5.74, 6) is 1.25. The monoisotopic (exact) mass is 420 g/mol. The second-order valence-corrected chi connectivity index (χ2v) is 8.68. The van der Waals surface area contributed by atoms with Crippen LogP contribution in [0, 0.1) is 13.8 Å². The number of hydrogen-bond acceptors (Lipinski definition) is 8. The van der Waals surface area contributed by atoms with Crippen molar-refractivity contribution in [1.29, 1.82) is 0 Å². The minimum absolute atomic E-state index is 0.0919. The highest BCUT2D eigenvalue weighted by atomic mass is 32.2. The molecule has 0 fully saturated rings. The molecule has 0 saturated carbocycles.